The van der Waals surface area contributed by atoms with Gasteiger partial charge in [-0.3, -0.25) is 4.79 Å². The molecule has 1 aliphatic heterocycles. The minimum absolute atomic E-state index is 0.0784. The topological polar surface area (TPSA) is 44.8 Å². The molecular formula is C25H34FN3O2. The van der Waals surface area contributed by atoms with E-state index < -0.39 is 0 Å². The molecule has 31 heavy (non-hydrogen) atoms. The maximum Gasteiger partial charge on any atom is 0.224 e. The fourth-order valence-electron chi connectivity index (χ4n) is 4.02. The van der Waals surface area contributed by atoms with Crippen molar-refractivity contribution in [2.45, 2.75) is 46.3 Å². The van der Waals surface area contributed by atoms with E-state index in [4.69, 9.17) is 4.74 Å². The molecule has 1 heterocycles. The van der Waals surface area contributed by atoms with Crippen molar-refractivity contribution in [1.29, 1.82) is 0 Å². The summed E-state index contributed by atoms with van der Waals surface area (Å²) in [5, 5.41) is 3.05. The molecule has 1 aliphatic rings. The van der Waals surface area contributed by atoms with Crippen LogP contribution >= 0.6 is 0 Å². The van der Waals surface area contributed by atoms with Gasteiger partial charge in [-0.25, -0.2) is 4.39 Å². The zero-order valence-electron chi connectivity index (χ0n) is 19.0. The molecule has 1 unspecified atom stereocenters. The van der Waals surface area contributed by atoms with E-state index >= 15 is 0 Å². The highest BCUT2D eigenvalue weighted by Gasteiger charge is 2.22. The Hall–Kier alpha value is -2.60. The second kappa shape index (κ2) is 10.6. The SMILES string of the molecule is CCN1CCN(c2ccc(F)cc2C(C)NC(=O)Cc2cccc(OC(C)C)c2)CC1. The molecule has 0 aromatic heterocycles. The second-order valence-electron chi connectivity index (χ2n) is 8.40. The lowest BCUT2D eigenvalue weighted by Gasteiger charge is -2.37. The highest BCUT2D eigenvalue weighted by Crippen LogP contribution is 2.28. The molecule has 2 aromatic carbocycles. The van der Waals surface area contributed by atoms with Gasteiger partial charge in [0.2, 0.25) is 5.91 Å². The van der Waals surface area contributed by atoms with Crippen LogP contribution in [0.4, 0.5) is 10.1 Å². The van der Waals surface area contributed by atoms with Crippen LogP contribution < -0.4 is 15.0 Å². The number of nitrogens with zero attached hydrogens (tertiary/aromatic N) is 2. The molecule has 0 saturated carbocycles. The Morgan fingerprint density at radius 3 is 2.52 bits per heavy atom. The fraction of sp³-hybridized carbons (Fsp3) is 0.480. The molecule has 1 amide bonds. The number of benzene rings is 2. The van der Waals surface area contributed by atoms with Crippen LogP contribution in [-0.2, 0) is 11.2 Å². The van der Waals surface area contributed by atoms with Gasteiger partial charge in [-0.15, -0.1) is 0 Å². The summed E-state index contributed by atoms with van der Waals surface area (Å²) in [7, 11) is 0. The summed E-state index contributed by atoms with van der Waals surface area (Å²) in [6, 6.07) is 12.2. The van der Waals surface area contributed by atoms with Crippen molar-refractivity contribution in [1.82, 2.24) is 10.2 Å². The summed E-state index contributed by atoms with van der Waals surface area (Å²) in [6.45, 7) is 12.8. The van der Waals surface area contributed by atoms with E-state index in [0.29, 0.717) is 0 Å². The van der Waals surface area contributed by atoms with Crippen molar-refractivity contribution >= 4 is 11.6 Å². The number of hydrogen-bond donors (Lipinski definition) is 1. The lowest BCUT2D eigenvalue weighted by atomic mass is 10.0. The summed E-state index contributed by atoms with van der Waals surface area (Å²) in [6.07, 6.45) is 0.328. The Labute approximate surface area is 185 Å². The van der Waals surface area contributed by atoms with Gasteiger partial charge in [0.25, 0.3) is 0 Å². The third kappa shape index (κ3) is 6.44. The number of carbonyl (C=O) groups is 1. The van der Waals surface area contributed by atoms with Crippen LogP contribution in [0.5, 0.6) is 5.75 Å². The molecule has 1 N–H and O–H groups in total. The molecule has 0 bridgehead atoms. The molecular weight excluding hydrogens is 393 g/mol. The van der Waals surface area contributed by atoms with Gasteiger partial charge in [0, 0.05) is 37.4 Å². The third-order valence-corrected chi connectivity index (χ3v) is 5.63. The zero-order valence-corrected chi connectivity index (χ0v) is 19.0. The highest BCUT2D eigenvalue weighted by atomic mass is 19.1. The van der Waals surface area contributed by atoms with Gasteiger partial charge in [0.15, 0.2) is 0 Å². The number of hydrogen-bond acceptors (Lipinski definition) is 4. The number of likely N-dealkylation sites (N-methyl/N-ethyl adjacent to an activating group) is 1. The van der Waals surface area contributed by atoms with Crippen LogP contribution in [0.3, 0.4) is 0 Å². The van der Waals surface area contributed by atoms with Crippen molar-refractivity contribution in [3.8, 4) is 5.75 Å². The van der Waals surface area contributed by atoms with E-state index in [1.54, 1.807) is 6.07 Å². The Balaban J connectivity index is 1.68. The molecule has 6 heteroatoms. The minimum atomic E-state index is -0.294. The number of anilines is 1. The monoisotopic (exact) mass is 427 g/mol. The Kier molecular flexibility index (Phi) is 7.91. The predicted molar refractivity (Wildman–Crippen MR) is 123 cm³/mol. The highest BCUT2D eigenvalue weighted by molar-refractivity contribution is 5.79. The van der Waals surface area contributed by atoms with Gasteiger partial charge >= 0.3 is 0 Å². The molecule has 1 saturated heterocycles. The molecule has 0 spiro atoms. The quantitative estimate of drug-likeness (QED) is 0.687. The molecule has 0 aliphatic carbocycles. The van der Waals surface area contributed by atoms with Crippen molar-refractivity contribution in [2.24, 2.45) is 0 Å². The van der Waals surface area contributed by atoms with Gasteiger partial charge in [0.1, 0.15) is 11.6 Å². The Morgan fingerprint density at radius 1 is 1.10 bits per heavy atom. The maximum atomic E-state index is 14.1. The molecule has 3 rings (SSSR count). The lowest BCUT2D eigenvalue weighted by Crippen LogP contribution is -2.46. The van der Waals surface area contributed by atoms with Gasteiger partial charge in [-0.2, -0.15) is 0 Å². The first-order chi connectivity index (χ1) is 14.9. The van der Waals surface area contributed by atoms with E-state index in [1.165, 1.54) is 6.07 Å². The van der Waals surface area contributed by atoms with Crippen molar-refractivity contribution in [3.63, 3.8) is 0 Å². The first-order valence-corrected chi connectivity index (χ1v) is 11.2. The normalized spacial score (nSPS) is 15.7. The number of piperazine rings is 1. The molecule has 5 nitrogen and oxygen atoms in total. The van der Waals surface area contributed by atoms with E-state index in [9.17, 15) is 9.18 Å². The average Bonchev–Trinajstić information content (AvgIpc) is 2.73. The summed E-state index contributed by atoms with van der Waals surface area (Å²) < 4.78 is 19.8. The van der Waals surface area contributed by atoms with Gasteiger partial charge < -0.3 is 19.9 Å². The van der Waals surface area contributed by atoms with Gasteiger partial charge in [0.05, 0.1) is 18.6 Å². The number of carbonyl (C=O) groups excluding carboxylic acids is 1. The standard InChI is InChI=1S/C25H34FN3O2/c1-5-28-11-13-29(14-12-28)24-10-9-21(26)17-23(24)19(4)27-25(30)16-20-7-6-8-22(15-20)31-18(2)3/h6-10,15,17-19H,5,11-14,16H2,1-4H3,(H,27,30). The van der Waals surface area contributed by atoms with Gasteiger partial charge in [-0.05, 0) is 63.2 Å². The summed E-state index contributed by atoms with van der Waals surface area (Å²) in [5.74, 6) is 0.373. The van der Waals surface area contributed by atoms with E-state index in [2.05, 4.69) is 22.0 Å². The number of nitrogens with one attached hydrogen (secondary N) is 1. The molecule has 2 aromatic rings. The Morgan fingerprint density at radius 2 is 1.84 bits per heavy atom. The minimum Gasteiger partial charge on any atom is -0.491 e. The van der Waals surface area contributed by atoms with Crippen LogP contribution in [0, 0.1) is 5.82 Å². The first-order valence-electron chi connectivity index (χ1n) is 11.2. The van der Waals surface area contributed by atoms with Crippen LogP contribution in [0.2, 0.25) is 0 Å². The fourth-order valence-corrected chi connectivity index (χ4v) is 4.02. The van der Waals surface area contributed by atoms with Crippen LogP contribution in [0.1, 0.15) is 44.9 Å². The average molecular weight is 428 g/mol. The number of ether oxygens (including phenoxy) is 1. The van der Waals surface area contributed by atoms with Crippen LogP contribution in [0.25, 0.3) is 0 Å². The smallest absolute Gasteiger partial charge is 0.224 e. The van der Waals surface area contributed by atoms with Crippen molar-refractivity contribution in [3.05, 3.63) is 59.4 Å². The van der Waals surface area contributed by atoms with E-state index in [1.807, 2.05) is 51.1 Å². The zero-order chi connectivity index (χ0) is 22.4. The lowest BCUT2D eigenvalue weighted by molar-refractivity contribution is -0.121. The molecule has 0 radical (unpaired) electrons. The summed E-state index contributed by atoms with van der Waals surface area (Å²) in [4.78, 5) is 17.4. The molecule has 1 atom stereocenters. The summed E-state index contributed by atoms with van der Waals surface area (Å²) in [5.41, 5.74) is 2.70. The number of amides is 1. The van der Waals surface area contributed by atoms with Crippen LogP contribution in [-0.4, -0.2) is 49.6 Å². The third-order valence-electron chi connectivity index (χ3n) is 5.63. The van der Waals surface area contributed by atoms with E-state index in [-0.39, 0.29) is 30.3 Å². The first kappa shape index (κ1) is 23.1. The largest absolute Gasteiger partial charge is 0.491 e. The van der Waals surface area contributed by atoms with Gasteiger partial charge in [-0.1, -0.05) is 19.1 Å². The molecule has 168 valence electrons. The van der Waals surface area contributed by atoms with Crippen molar-refractivity contribution < 1.29 is 13.9 Å². The number of rotatable bonds is 8. The summed E-state index contributed by atoms with van der Waals surface area (Å²) >= 11 is 0. The number of halogens is 1. The predicted octanol–water partition coefficient (Wildman–Crippen LogP) is 4.17. The maximum absolute atomic E-state index is 14.1. The van der Waals surface area contributed by atoms with Crippen molar-refractivity contribution in [2.75, 3.05) is 37.6 Å². The second-order valence-corrected chi connectivity index (χ2v) is 8.40. The molecule has 1 fully saturated rings. The van der Waals surface area contributed by atoms with E-state index in [0.717, 1.165) is 55.3 Å². The Bertz CT molecular complexity index is 879. The van der Waals surface area contributed by atoms with Crippen LogP contribution in [0.15, 0.2) is 42.5 Å².